The summed E-state index contributed by atoms with van der Waals surface area (Å²) in [6.45, 7) is 0. The third kappa shape index (κ3) is 1.72. The van der Waals surface area contributed by atoms with Crippen LogP contribution in [0.15, 0.2) is 30.3 Å². The lowest BCUT2D eigenvalue weighted by atomic mass is 10.1. The highest BCUT2D eigenvalue weighted by Gasteiger charge is 2.12. The molecule has 2 rings (SSSR count). The number of nitrogen functional groups attached to an aromatic ring is 1. The minimum absolute atomic E-state index is 0.110. The number of hydrogen-bond donors (Lipinski definition) is 3. The average Bonchev–Trinajstić information content (AvgIpc) is 2.65. The van der Waals surface area contributed by atoms with Crippen LogP contribution >= 0.6 is 12.6 Å². The summed E-state index contributed by atoms with van der Waals surface area (Å²) in [5.74, 6) is 0.909. The summed E-state index contributed by atoms with van der Waals surface area (Å²) in [5, 5.41) is 6.39. The van der Waals surface area contributed by atoms with Crippen molar-refractivity contribution in [3.8, 4) is 0 Å². The van der Waals surface area contributed by atoms with E-state index in [0.29, 0.717) is 5.82 Å². The molecular formula is C9H10N4S. The van der Waals surface area contributed by atoms with Gasteiger partial charge in [-0.2, -0.15) is 17.6 Å². The fraction of sp³-hybridized carbons (Fsp3) is 0.111. The molecule has 72 valence electrons. The number of nitrogens with zero attached hydrogens (tertiary/aromatic N) is 2. The topological polar surface area (TPSA) is 67.6 Å². The van der Waals surface area contributed by atoms with Gasteiger partial charge in [0.05, 0.1) is 5.25 Å². The van der Waals surface area contributed by atoms with Gasteiger partial charge >= 0.3 is 0 Å². The lowest BCUT2D eigenvalue weighted by Crippen LogP contribution is -1.95. The molecule has 0 bridgehead atoms. The van der Waals surface area contributed by atoms with Gasteiger partial charge in [-0.25, -0.2) is 0 Å². The lowest BCUT2D eigenvalue weighted by Gasteiger charge is -2.06. The standard InChI is InChI=1S/C9H10N4S/c10-9-11-8(12-13-9)7(14)6-4-2-1-3-5-6/h1-5,7,14H,(H3,10,11,12,13). The molecule has 0 aliphatic heterocycles. The molecule has 0 amide bonds. The average molecular weight is 206 g/mol. The highest BCUT2D eigenvalue weighted by molar-refractivity contribution is 7.80. The lowest BCUT2D eigenvalue weighted by molar-refractivity contribution is 0.961. The quantitative estimate of drug-likeness (QED) is 0.651. The fourth-order valence-corrected chi connectivity index (χ4v) is 1.49. The van der Waals surface area contributed by atoms with Crippen molar-refractivity contribution in [1.29, 1.82) is 0 Å². The van der Waals surface area contributed by atoms with Gasteiger partial charge in [0.25, 0.3) is 0 Å². The maximum absolute atomic E-state index is 5.41. The third-order valence-corrected chi connectivity index (χ3v) is 2.44. The van der Waals surface area contributed by atoms with Gasteiger partial charge in [0.15, 0.2) is 0 Å². The number of aromatic amines is 1. The Hall–Kier alpha value is -1.49. The first kappa shape index (κ1) is 9.08. The molecule has 2 aromatic rings. The van der Waals surface area contributed by atoms with E-state index in [-0.39, 0.29) is 11.2 Å². The van der Waals surface area contributed by atoms with Crippen LogP contribution in [0.1, 0.15) is 16.6 Å². The summed E-state index contributed by atoms with van der Waals surface area (Å²) in [4.78, 5) is 4.02. The van der Waals surface area contributed by atoms with Gasteiger partial charge in [0.1, 0.15) is 5.82 Å². The third-order valence-electron chi connectivity index (χ3n) is 1.89. The molecule has 0 fully saturated rings. The van der Waals surface area contributed by atoms with Gasteiger partial charge in [-0.15, -0.1) is 5.10 Å². The molecule has 14 heavy (non-hydrogen) atoms. The predicted molar refractivity (Wildman–Crippen MR) is 58.1 cm³/mol. The van der Waals surface area contributed by atoms with Crippen molar-refractivity contribution in [2.75, 3.05) is 5.73 Å². The first-order chi connectivity index (χ1) is 6.77. The Bertz CT molecular complexity index is 412. The van der Waals surface area contributed by atoms with Crippen molar-refractivity contribution in [1.82, 2.24) is 15.2 Å². The molecule has 1 heterocycles. The minimum atomic E-state index is -0.110. The Balaban J connectivity index is 2.29. The predicted octanol–water partition coefficient (Wildman–Crippen LogP) is 1.41. The molecule has 3 N–H and O–H groups in total. The largest absolute Gasteiger partial charge is 0.367 e. The number of benzene rings is 1. The van der Waals surface area contributed by atoms with Crippen LogP contribution in [0.3, 0.4) is 0 Å². The normalized spacial score (nSPS) is 12.6. The fourth-order valence-electron chi connectivity index (χ4n) is 1.20. The maximum atomic E-state index is 5.41. The number of aromatic nitrogens is 3. The van der Waals surface area contributed by atoms with Crippen LogP contribution in [0, 0.1) is 0 Å². The zero-order valence-electron chi connectivity index (χ0n) is 7.38. The highest BCUT2D eigenvalue weighted by atomic mass is 32.1. The Morgan fingerprint density at radius 1 is 1.29 bits per heavy atom. The van der Waals surface area contributed by atoms with E-state index in [1.165, 1.54) is 0 Å². The second-order valence-corrected chi connectivity index (χ2v) is 3.41. The molecule has 5 heteroatoms. The van der Waals surface area contributed by atoms with E-state index in [9.17, 15) is 0 Å². The van der Waals surface area contributed by atoms with Crippen LogP contribution in [-0.2, 0) is 0 Å². The molecule has 0 radical (unpaired) electrons. The number of anilines is 1. The maximum Gasteiger partial charge on any atom is 0.239 e. The smallest absolute Gasteiger partial charge is 0.239 e. The molecule has 0 aliphatic carbocycles. The summed E-state index contributed by atoms with van der Waals surface area (Å²) in [6, 6.07) is 9.84. The zero-order valence-corrected chi connectivity index (χ0v) is 8.28. The summed E-state index contributed by atoms with van der Waals surface area (Å²) in [6.07, 6.45) is 0. The van der Waals surface area contributed by atoms with Crippen molar-refractivity contribution in [3.05, 3.63) is 41.7 Å². The summed E-state index contributed by atoms with van der Waals surface area (Å²) in [5.41, 5.74) is 6.47. The zero-order chi connectivity index (χ0) is 9.97. The van der Waals surface area contributed by atoms with E-state index in [2.05, 4.69) is 27.8 Å². The number of rotatable bonds is 2. The van der Waals surface area contributed by atoms with Gasteiger partial charge in [-0.3, -0.25) is 5.10 Å². The van der Waals surface area contributed by atoms with Crippen LogP contribution in [0.25, 0.3) is 0 Å². The van der Waals surface area contributed by atoms with E-state index in [0.717, 1.165) is 5.56 Å². The Morgan fingerprint density at radius 3 is 2.57 bits per heavy atom. The van der Waals surface area contributed by atoms with Crippen molar-refractivity contribution in [3.63, 3.8) is 0 Å². The molecule has 1 unspecified atom stereocenters. The molecule has 0 saturated heterocycles. The van der Waals surface area contributed by atoms with Crippen molar-refractivity contribution in [2.24, 2.45) is 0 Å². The van der Waals surface area contributed by atoms with Crippen molar-refractivity contribution < 1.29 is 0 Å². The Labute approximate surface area is 87.0 Å². The number of H-pyrrole nitrogens is 1. The first-order valence-corrected chi connectivity index (χ1v) is 4.70. The van der Waals surface area contributed by atoms with Gasteiger partial charge in [-0.05, 0) is 5.56 Å². The summed E-state index contributed by atoms with van der Waals surface area (Å²) < 4.78 is 0. The summed E-state index contributed by atoms with van der Waals surface area (Å²) >= 11 is 4.43. The molecular weight excluding hydrogens is 196 g/mol. The van der Waals surface area contributed by atoms with Crippen LogP contribution in [0.4, 0.5) is 5.95 Å². The molecule has 0 spiro atoms. The van der Waals surface area contributed by atoms with E-state index in [4.69, 9.17) is 5.73 Å². The minimum Gasteiger partial charge on any atom is -0.367 e. The SMILES string of the molecule is Nc1n[nH]c(C(S)c2ccccc2)n1. The van der Waals surface area contributed by atoms with Gasteiger partial charge in [-0.1, -0.05) is 30.3 Å². The van der Waals surface area contributed by atoms with Crippen LogP contribution in [0.2, 0.25) is 0 Å². The molecule has 0 aliphatic rings. The molecule has 1 aromatic carbocycles. The molecule has 1 aromatic heterocycles. The van der Waals surface area contributed by atoms with E-state index >= 15 is 0 Å². The molecule has 4 nitrogen and oxygen atoms in total. The monoisotopic (exact) mass is 206 g/mol. The van der Waals surface area contributed by atoms with Gasteiger partial charge in [0, 0.05) is 0 Å². The number of nitrogens with one attached hydrogen (secondary N) is 1. The number of nitrogens with two attached hydrogens (primary N) is 1. The van der Waals surface area contributed by atoms with Crippen LogP contribution in [-0.4, -0.2) is 15.2 Å². The Morgan fingerprint density at radius 2 is 2.00 bits per heavy atom. The molecule has 0 saturated carbocycles. The first-order valence-electron chi connectivity index (χ1n) is 4.18. The van der Waals surface area contributed by atoms with Crippen LogP contribution in [0.5, 0.6) is 0 Å². The van der Waals surface area contributed by atoms with E-state index in [1.54, 1.807) is 0 Å². The van der Waals surface area contributed by atoms with Crippen LogP contribution < -0.4 is 5.73 Å². The van der Waals surface area contributed by atoms with Gasteiger partial charge in [0.2, 0.25) is 5.95 Å². The van der Waals surface area contributed by atoms with Crippen molar-refractivity contribution >= 4 is 18.6 Å². The highest BCUT2D eigenvalue weighted by Crippen LogP contribution is 2.24. The Kier molecular flexibility index (Phi) is 2.41. The number of hydrogen-bond acceptors (Lipinski definition) is 4. The van der Waals surface area contributed by atoms with Gasteiger partial charge < -0.3 is 5.73 Å². The summed E-state index contributed by atoms with van der Waals surface area (Å²) in [7, 11) is 0. The van der Waals surface area contributed by atoms with E-state index in [1.807, 2.05) is 30.3 Å². The second-order valence-electron chi connectivity index (χ2n) is 2.89. The van der Waals surface area contributed by atoms with E-state index < -0.39 is 0 Å². The number of thiol groups is 1. The molecule has 1 atom stereocenters. The van der Waals surface area contributed by atoms with Crippen molar-refractivity contribution in [2.45, 2.75) is 5.25 Å². The second kappa shape index (κ2) is 3.71.